The van der Waals surface area contributed by atoms with Crippen LogP contribution in [0.5, 0.6) is 0 Å². The van der Waals surface area contributed by atoms with Crippen molar-refractivity contribution in [3.63, 3.8) is 0 Å². The maximum absolute atomic E-state index is 12.6. The quantitative estimate of drug-likeness (QED) is 0.850. The SMILES string of the molecule is CNC(=O)C1CCCCN1C(=O)c1cc(Cl)ncc1Cl. The van der Waals surface area contributed by atoms with Crippen LogP contribution < -0.4 is 5.32 Å². The molecule has 1 atom stereocenters. The predicted molar refractivity (Wildman–Crippen MR) is 77.0 cm³/mol. The normalized spacial score (nSPS) is 18.8. The highest BCUT2D eigenvalue weighted by atomic mass is 35.5. The Hall–Kier alpha value is -1.33. The first-order valence-electron chi connectivity index (χ1n) is 6.38. The third-order valence-electron chi connectivity index (χ3n) is 3.37. The molecule has 7 heteroatoms. The van der Waals surface area contributed by atoms with E-state index in [4.69, 9.17) is 23.2 Å². The molecule has 5 nitrogen and oxygen atoms in total. The molecule has 1 N–H and O–H groups in total. The molecule has 1 aliphatic heterocycles. The minimum atomic E-state index is -0.454. The second-order valence-corrected chi connectivity index (χ2v) is 5.41. The standard InChI is InChI=1S/C13H15Cl2N3O2/c1-16-12(19)10-4-2-3-5-18(10)13(20)8-6-11(15)17-7-9(8)14/h6-7,10H,2-5H2,1H3,(H,16,19). The van der Waals surface area contributed by atoms with Crippen molar-refractivity contribution in [3.05, 3.63) is 28.0 Å². The predicted octanol–water partition coefficient (Wildman–Crippen LogP) is 2.13. The number of hydrogen-bond donors (Lipinski definition) is 1. The van der Waals surface area contributed by atoms with Crippen molar-refractivity contribution >= 4 is 35.0 Å². The molecule has 0 aliphatic carbocycles. The van der Waals surface area contributed by atoms with E-state index in [1.165, 1.54) is 12.3 Å². The van der Waals surface area contributed by atoms with Crippen LogP contribution in [-0.2, 0) is 4.79 Å². The number of likely N-dealkylation sites (N-methyl/N-ethyl adjacent to an activating group) is 1. The summed E-state index contributed by atoms with van der Waals surface area (Å²) in [6.07, 6.45) is 3.79. The Kier molecular flexibility index (Phi) is 4.83. The average Bonchev–Trinajstić information content (AvgIpc) is 2.48. The lowest BCUT2D eigenvalue weighted by Crippen LogP contribution is -2.51. The Morgan fingerprint density at radius 1 is 1.40 bits per heavy atom. The van der Waals surface area contributed by atoms with Crippen LogP contribution in [0.1, 0.15) is 29.6 Å². The summed E-state index contributed by atoms with van der Waals surface area (Å²) in [7, 11) is 1.57. The first-order chi connectivity index (χ1) is 9.54. The molecule has 108 valence electrons. The van der Waals surface area contributed by atoms with Gasteiger partial charge in [-0.15, -0.1) is 0 Å². The van der Waals surface area contributed by atoms with Gasteiger partial charge in [-0.2, -0.15) is 0 Å². The Morgan fingerprint density at radius 3 is 2.85 bits per heavy atom. The number of nitrogens with one attached hydrogen (secondary N) is 1. The number of likely N-dealkylation sites (tertiary alicyclic amines) is 1. The lowest BCUT2D eigenvalue weighted by molar-refractivity contribution is -0.126. The van der Waals surface area contributed by atoms with Crippen molar-refractivity contribution in [1.82, 2.24) is 15.2 Å². The first-order valence-corrected chi connectivity index (χ1v) is 7.13. The van der Waals surface area contributed by atoms with E-state index in [9.17, 15) is 9.59 Å². The molecule has 1 fully saturated rings. The second-order valence-electron chi connectivity index (χ2n) is 4.61. The summed E-state index contributed by atoms with van der Waals surface area (Å²) in [5, 5.41) is 3.03. The summed E-state index contributed by atoms with van der Waals surface area (Å²) in [5.41, 5.74) is 0.280. The van der Waals surface area contributed by atoms with E-state index >= 15 is 0 Å². The number of hydrogen-bond acceptors (Lipinski definition) is 3. The Bertz CT molecular complexity index is 536. The lowest BCUT2D eigenvalue weighted by Gasteiger charge is -2.34. The molecule has 0 bridgehead atoms. The zero-order valence-electron chi connectivity index (χ0n) is 11.0. The molecule has 2 heterocycles. The van der Waals surface area contributed by atoms with E-state index < -0.39 is 6.04 Å². The van der Waals surface area contributed by atoms with Crippen LogP contribution in [0.25, 0.3) is 0 Å². The molecule has 1 unspecified atom stereocenters. The van der Waals surface area contributed by atoms with Crippen LogP contribution in [0, 0.1) is 0 Å². The zero-order chi connectivity index (χ0) is 14.7. The minimum Gasteiger partial charge on any atom is -0.357 e. The van der Waals surface area contributed by atoms with Crippen molar-refractivity contribution in [2.45, 2.75) is 25.3 Å². The maximum Gasteiger partial charge on any atom is 0.256 e. The number of halogens is 2. The van der Waals surface area contributed by atoms with Gasteiger partial charge in [0, 0.05) is 19.8 Å². The van der Waals surface area contributed by atoms with Crippen molar-refractivity contribution in [1.29, 1.82) is 0 Å². The van der Waals surface area contributed by atoms with E-state index in [-0.39, 0.29) is 27.6 Å². The molecule has 1 aliphatic rings. The molecule has 0 saturated carbocycles. The monoisotopic (exact) mass is 315 g/mol. The Balaban J connectivity index is 2.30. The van der Waals surface area contributed by atoms with Crippen LogP contribution in [0.4, 0.5) is 0 Å². The van der Waals surface area contributed by atoms with Gasteiger partial charge < -0.3 is 10.2 Å². The fourth-order valence-corrected chi connectivity index (χ4v) is 2.69. The second kappa shape index (κ2) is 6.41. The Morgan fingerprint density at radius 2 is 2.15 bits per heavy atom. The minimum absolute atomic E-state index is 0.158. The van der Waals surface area contributed by atoms with Gasteiger partial charge in [0.1, 0.15) is 11.2 Å². The van der Waals surface area contributed by atoms with Gasteiger partial charge in [-0.05, 0) is 25.3 Å². The van der Waals surface area contributed by atoms with Crippen LogP contribution in [0.3, 0.4) is 0 Å². The van der Waals surface area contributed by atoms with Gasteiger partial charge in [0.15, 0.2) is 0 Å². The maximum atomic E-state index is 12.6. The van der Waals surface area contributed by atoms with Crippen molar-refractivity contribution in [2.75, 3.05) is 13.6 Å². The van der Waals surface area contributed by atoms with Crippen LogP contribution >= 0.6 is 23.2 Å². The summed E-state index contributed by atoms with van der Waals surface area (Å²) in [5.74, 6) is -0.443. The molecule has 0 aromatic carbocycles. The van der Waals surface area contributed by atoms with E-state index in [1.54, 1.807) is 11.9 Å². The number of aromatic nitrogens is 1. The van der Waals surface area contributed by atoms with E-state index in [1.807, 2.05) is 0 Å². The number of piperidine rings is 1. The van der Waals surface area contributed by atoms with Crippen LogP contribution in [0.15, 0.2) is 12.3 Å². The third kappa shape index (κ3) is 3.04. The number of nitrogens with zero attached hydrogens (tertiary/aromatic N) is 2. The van der Waals surface area contributed by atoms with Gasteiger partial charge in [-0.3, -0.25) is 9.59 Å². The zero-order valence-corrected chi connectivity index (χ0v) is 12.5. The van der Waals surface area contributed by atoms with Gasteiger partial charge in [0.25, 0.3) is 5.91 Å². The molecule has 0 spiro atoms. The fraction of sp³-hybridized carbons (Fsp3) is 0.462. The van der Waals surface area contributed by atoms with Gasteiger partial charge >= 0.3 is 0 Å². The molecule has 2 rings (SSSR count). The largest absolute Gasteiger partial charge is 0.357 e. The van der Waals surface area contributed by atoms with E-state index in [0.29, 0.717) is 13.0 Å². The summed E-state index contributed by atoms with van der Waals surface area (Å²) in [6, 6.07) is 0.978. The molecule has 1 saturated heterocycles. The van der Waals surface area contributed by atoms with Crippen molar-refractivity contribution in [3.8, 4) is 0 Å². The highest BCUT2D eigenvalue weighted by Crippen LogP contribution is 2.24. The number of carbonyl (C=O) groups is 2. The summed E-state index contributed by atoms with van der Waals surface area (Å²) >= 11 is 11.8. The highest BCUT2D eigenvalue weighted by Gasteiger charge is 2.32. The van der Waals surface area contributed by atoms with Crippen LogP contribution in [-0.4, -0.2) is 41.3 Å². The average molecular weight is 316 g/mol. The molecule has 1 aromatic rings. The van der Waals surface area contributed by atoms with Crippen molar-refractivity contribution in [2.24, 2.45) is 0 Å². The summed E-state index contributed by atoms with van der Waals surface area (Å²) in [6.45, 7) is 0.535. The number of rotatable bonds is 2. The fourth-order valence-electron chi connectivity index (χ4n) is 2.35. The van der Waals surface area contributed by atoms with Crippen molar-refractivity contribution < 1.29 is 9.59 Å². The molecule has 1 aromatic heterocycles. The lowest BCUT2D eigenvalue weighted by atomic mass is 10.0. The highest BCUT2D eigenvalue weighted by molar-refractivity contribution is 6.35. The third-order valence-corrected chi connectivity index (χ3v) is 3.87. The summed E-state index contributed by atoms with van der Waals surface area (Å²) < 4.78 is 0. The van der Waals surface area contributed by atoms with Gasteiger partial charge in [0.05, 0.1) is 10.6 Å². The van der Waals surface area contributed by atoms with E-state index in [2.05, 4.69) is 10.3 Å². The summed E-state index contributed by atoms with van der Waals surface area (Å²) in [4.78, 5) is 29.8. The topological polar surface area (TPSA) is 62.3 Å². The smallest absolute Gasteiger partial charge is 0.256 e. The first kappa shape index (κ1) is 15.1. The molecule has 2 amide bonds. The van der Waals surface area contributed by atoms with Gasteiger partial charge in [0.2, 0.25) is 5.91 Å². The van der Waals surface area contributed by atoms with E-state index in [0.717, 1.165) is 12.8 Å². The van der Waals surface area contributed by atoms with Crippen LogP contribution in [0.2, 0.25) is 10.2 Å². The molecule has 0 radical (unpaired) electrons. The number of pyridine rings is 1. The Labute approximate surface area is 127 Å². The number of amides is 2. The van der Waals surface area contributed by atoms with Gasteiger partial charge in [-0.25, -0.2) is 4.98 Å². The molecular formula is C13H15Cl2N3O2. The molecule has 20 heavy (non-hydrogen) atoms. The number of carbonyl (C=O) groups excluding carboxylic acids is 2. The molecular weight excluding hydrogens is 301 g/mol. The van der Waals surface area contributed by atoms with Gasteiger partial charge in [-0.1, -0.05) is 23.2 Å².